The van der Waals surface area contributed by atoms with Gasteiger partial charge in [0.15, 0.2) is 4.77 Å². The highest BCUT2D eigenvalue weighted by atomic mass is 32.1. The molecule has 1 atom stereocenters. The summed E-state index contributed by atoms with van der Waals surface area (Å²) in [6.07, 6.45) is 0. The third-order valence-corrected chi connectivity index (χ3v) is 5.37. The number of hydrogen-bond acceptors (Lipinski definition) is 7. The van der Waals surface area contributed by atoms with Crippen molar-refractivity contribution in [2.75, 3.05) is 24.3 Å². The van der Waals surface area contributed by atoms with Gasteiger partial charge < -0.3 is 25.5 Å². The summed E-state index contributed by atoms with van der Waals surface area (Å²) in [6, 6.07) is 17.2. The maximum atomic E-state index is 13.4. The van der Waals surface area contributed by atoms with E-state index in [1.165, 1.54) is 0 Å². The van der Waals surface area contributed by atoms with Crippen LogP contribution in [0.4, 0.5) is 11.6 Å². The second kappa shape index (κ2) is 9.23. The van der Waals surface area contributed by atoms with Crippen molar-refractivity contribution in [1.29, 1.82) is 0 Å². The fraction of sp³-hybridized carbons (Fsp3) is 0.208. The molecule has 7 nitrogen and oxygen atoms in total. The van der Waals surface area contributed by atoms with Crippen LogP contribution in [0.3, 0.4) is 0 Å². The molecule has 4 N–H and O–H groups in total. The summed E-state index contributed by atoms with van der Waals surface area (Å²) < 4.78 is 11.7. The summed E-state index contributed by atoms with van der Waals surface area (Å²) in [5.41, 5.74) is 9.64. The van der Waals surface area contributed by atoms with Gasteiger partial charge in [-0.25, -0.2) is 9.78 Å². The van der Waals surface area contributed by atoms with E-state index in [-0.39, 0.29) is 11.4 Å². The number of anilines is 2. The van der Waals surface area contributed by atoms with Crippen LogP contribution < -0.4 is 15.8 Å². The van der Waals surface area contributed by atoms with E-state index in [1.807, 2.05) is 61.5 Å². The summed E-state index contributed by atoms with van der Waals surface area (Å²) in [7, 11) is 0. The molecule has 2 aromatic carbocycles. The van der Waals surface area contributed by atoms with Crippen LogP contribution in [-0.4, -0.2) is 29.2 Å². The van der Waals surface area contributed by atoms with Gasteiger partial charge in [-0.15, -0.1) is 0 Å². The van der Waals surface area contributed by atoms with Crippen LogP contribution >= 0.6 is 12.2 Å². The topological polar surface area (TPSA) is 102 Å². The molecule has 8 heteroatoms. The number of ether oxygens (including phenoxy) is 2. The lowest BCUT2D eigenvalue weighted by molar-refractivity contribution is -0.138. The fourth-order valence-corrected chi connectivity index (χ4v) is 4.14. The number of carbonyl (C=O) groups is 1. The van der Waals surface area contributed by atoms with E-state index in [9.17, 15) is 4.79 Å². The van der Waals surface area contributed by atoms with E-state index in [2.05, 4.69) is 15.3 Å². The van der Waals surface area contributed by atoms with Gasteiger partial charge >= 0.3 is 5.97 Å². The molecular formula is C24H24N4O3S. The van der Waals surface area contributed by atoms with Gasteiger partial charge in [0.2, 0.25) is 0 Å². The third kappa shape index (κ3) is 3.97. The molecular weight excluding hydrogens is 424 g/mol. The van der Waals surface area contributed by atoms with Crippen molar-refractivity contribution < 1.29 is 14.3 Å². The maximum absolute atomic E-state index is 13.4. The van der Waals surface area contributed by atoms with Gasteiger partial charge in [0.1, 0.15) is 17.4 Å². The van der Waals surface area contributed by atoms with Crippen molar-refractivity contribution in [2.24, 2.45) is 0 Å². The first kappa shape index (κ1) is 21.6. The van der Waals surface area contributed by atoms with E-state index in [0.29, 0.717) is 40.8 Å². The highest BCUT2D eigenvalue weighted by molar-refractivity contribution is 7.71. The summed E-state index contributed by atoms with van der Waals surface area (Å²) in [4.78, 5) is 20.8. The first-order valence-electron chi connectivity index (χ1n) is 10.4. The predicted molar refractivity (Wildman–Crippen MR) is 127 cm³/mol. The Hall–Kier alpha value is -3.65. The molecule has 1 unspecified atom stereocenters. The molecule has 0 saturated carbocycles. The Morgan fingerprint density at radius 2 is 1.81 bits per heavy atom. The number of benzene rings is 2. The zero-order valence-corrected chi connectivity index (χ0v) is 18.7. The molecule has 0 aliphatic carbocycles. The van der Waals surface area contributed by atoms with E-state index in [0.717, 1.165) is 11.1 Å². The average Bonchev–Trinajstić information content (AvgIpc) is 2.79. The summed E-state index contributed by atoms with van der Waals surface area (Å²) in [5, 5.41) is 3.30. The molecule has 0 saturated heterocycles. The van der Waals surface area contributed by atoms with E-state index in [4.69, 9.17) is 27.4 Å². The number of H-pyrrole nitrogens is 1. The largest absolute Gasteiger partial charge is 0.494 e. The van der Waals surface area contributed by atoms with Crippen molar-refractivity contribution in [3.05, 3.63) is 81.6 Å². The number of fused-ring (bicyclic) bond motifs is 1. The monoisotopic (exact) mass is 448 g/mol. The number of aromatic nitrogens is 2. The summed E-state index contributed by atoms with van der Waals surface area (Å²) >= 11 is 5.27. The Morgan fingerprint density at radius 3 is 2.53 bits per heavy atom. The Morgan fingerprint density at radius 1 is 1.09 bits per heavy atom. The second-order valence-corrected chi connectivity index (χ2v) is 7.51. The average molecular weight is 449 g/mol. The van der Waals surface area contributed by atoms with E-state index >= 15 is 0 Å². The number of nitrogens with zero attached hydrogens (tertiary/aromatic N) is 1. The number of esters is 1. The Bertz CT molecular complexity index is 1240. The standard InChI is InChI=1S/C24H24N4O3S/c1-3-30-16-13-9-8-12-15(16)17-18(23(29)31-4-2)20(14-10-6-5-7-11-14)26-22-19(17)21(25)27-24(32)28-22/h5-13,17H,3-4H2,1-2H3,(H4,25,26,27,28,32). The summed E-state index contributed by atoms with van der Waals surface area (Å²) in [5.74, 6) is 0.460. The molecule has 0 bridgehead atoms. The number of hydrogen-bond donors (Lipinski definition) is 3. The molecule has 3 aromatic rings. The molecule has 1 aliphatic heterocycles. The molecule has 164 valence electrons. The Balaban J connectivity index is 2.07. The number of nitrogen functional groups attached to an aromatic ring is 1. The Labute approximate surface area is 191 Å². The lowest BCUT2D eigenvalue weighted by Crippen LogP contribution is -2.27. The number of para-hydroxylation sites is 1. The van der Waals surface area contributed by atoms with Crippen LogP contribution in [0.2, 0.25) is 0 Å². The first-order chi connectivity index (χ1) is 15.5. The van der Waals surface area contributed by atoms with Gasteiger partial charge in [-0.3, -0.25) is 0 Å². The number of nitrogens with one attached hydrogen (secondary N) is 2. The quantitative estimate of drug-likeness (QED) is 0.372. The zero-order chi connectivity index (χ0) is 22.7. The predicted octanol–water partition coefficient (Wildman–Crippen LogP) is 4.65. The van der Waals surface area contributed by atoms with Gasteiger partial charge in [0.05, 0.1) is 30.4 Å². The van der Waals surface area contributed by atoms with Crippen LogP contribution in [0.5, 0.6) is 5.75 Å². The van der Waals surface area contributed by atoms with Crippen LogP contribution in [0.25, 0.3) is 5.70 Å². The lowest BCUT2D eigenvalue weighted by atomic mass is 9.80. The minimum Gasteiger partial charge on any atom is -0.494 e. The lowest BCUT2D eigenvalue weighted by Gasteiger charge is -2.32. The minimum atomic E-state index is -0.581. The first-order valence-corrected chi connectivity index (χ1v) is 10.8. The summed E-state index contributed by atoms with van der Waals surface area (Å²) in [6.45, 7) is 4.41. The molecule has 4 rings (SSSR count). The highest BCUT2D eigenvalue weighted by Crippen LogP contribution is 2.48. The molecule has 1 aliphatic rings. The van der Waals surface area contributed by atoms with Crippen LogP contribution in [-0.2, 0) is 9.53 Å². The number of carbonyl (C=O) groups excluding carboxylic acids is 1. The number of nitrogens with two attached hydrogens (primary N) is 1. The van der Waals surface area contributed by atoms with Crippen LogP contribution in [0.1, 0.15) is 36.5 Å². The molecule has 0 radical (unpaired) electrons. The van der Waals surface area contributed by atoms with Crippen molar-refractivity contribution in [1.82, 2.24) is 9.97 Å². The highest BCUT2D eigenvalue weighted by Gasteiger charge is 2.38. The molecule has 1 aromatic heterocycles. The molecule has 2 heterocycles. The SMILES string of the molecule is CCOC(=O)C1=C(c2ccccc2)Nc2nc(=S)[nH]c(N)c2C1c1ccccc1OCC. The van der Waals surface area contributed by atoms with Gasteiger partial charge in [0.25, 0.3) is 0 Å². The number of rotatable bonds is 6. The normalized spacial score (nSPS) is 15.0. The molecule has 0 amide bonds. The van der Waals surface area contributed by atoms with E-state index in [1.54, 1.807) is 6.92 Å². The van der Waals surface area contributed by atoms with Gasteiger partial charge in [-0.1, -0.05) is 48.5 Å². The molecule has 0 spiro atoms. The second-order valence-electron chi connectivity index (χ2n) is 7.12. The van der Waals surface area contributed by atoms with Crippen molar-refractivity contribution >= 4 is 35.5 Å². The number of aromatic amines is 1. The van der Waals surface area contributed by atoms with Crippen LogP contribution in [0.15, 0.2) is 60.2 Å². The minimum absolute atomic E-state index is 0.238. The fourth-order valence-electron chi connectivity index (χ4n) is 3.94. The van der Waals surface area contributed by atoms with Gasteiger partial charge in [0, 0.05) is 11.1 Å². The van der Waals surface area contributed by atoms with E-state index < -0.39 is 11.9 Å². The zero-order valence-electron chi connectivity index (χ0n) is 17.8. The maximum Gasteiger partial charge on any atom is 0.337 e. The van der Waals surface area contributed by atoms with Crippen molar-refractivity contribution in [3.63, 3.8) is 0 Å². The van der Waals surface area contributed by atoms with Gasteiger partial charge in [-0.05, 0) is 37.7 Å². The van der Waals surface area contributed by atoms with Crippen molar-refractivity contribution in [2.45, 2.75) is 19.8 Å². The van der Waals surface area contributed by atoms with Crippen molar-refractivity contribution in [3.8, 4) is 5.75 Å². The third-order valence-electron chi connectivity index (χ3n) is 5.18. The molecule has 0 fully saturated rings. The van der Waals surface area contributed by atoms with Gasteiger partial charge in [-0.2, -0.15) is 0 Å². The van der Waals surface area contributed by atoms with Crippen LogP contribution in [0, 0.1) is 4.77 Å². The Kier molecular flexibility index (Phi) is 6.23. The molecule has 32 heavy (non-hydrogen) atoms. The smallest absolute Gasteiger partial charge is 0.337 e.